The minimum absolute atomic E-state index is 0.338. The van der Waals surface area contributed by atoms with E-state index in [1.54, 1.807) is 6.07 Å². The van der Waals surface area contributed by atoms with Gasteiger partial charge in [-0.2, -0.15) is 0 Å². The molecule has 1 aliphatic rings. The Hall–Kier alpha value is -3.28. The molecule has 0 saturated carbocycles. The minimum atomic E-state index is 0.338. The number of hydrogen-bond donors (Lipinski definition) is 2. The van der Waals surface area contributed by atoms with E-state index >= 15 is 0 Å². The van der Waals surface area contributed by atoms with Crippen LogP contribution in [-0.2, 0) is 19.4 Å². The van der Waals surface area contributed by atoms with E-state index in [1.165, 1.54) is 24.0 Å². The molecule has 1 fully saturated rings. The fraction of sp³-hybridized carbons (Fsp3) is 0.355. The van der Waals surface area contributed by atoms with Gasteiger partial charge in [0.2, 0.25) is 0 Å². The summed E-state index contributed by atoms with van der Waals surface area (Å²) in [6.07, 6.45) is 7.04. The molecular formula is C31H36N4O. The molecule has 1 saturated heterocycles. The molecule has 0 bridgehead atoms. The number of fused-ring (bicyclic) bond motifs is 1. The molecular weight excluding hydrogens is 444 g/mol. The summed E-state index contributed by atoms with van der Waals surface area (Å²) in [5.41, 5.74) is 4.73. The highest BCUT2D eigenvalue weighted by atomic mass is 16.3. The third-order valence-electron chi connectivity index (χ3n) is 7.38. The second kappa shape index (κ2) is 11.6. The molecule has 1 aromatic heterocycles. The zero-order valence-electron chi connectivity index (χ0n) is 21.2. The van der Waals surface area contributed by atoms with Crippen LogP contribution in [0.2, 0.25) is 0 Å². The van der Waals surface area contributed by atoms with Crippen LogP contribution >= 0.6 is 0 Å². The first-order valence-electron chi connectivity index (χ1n) is 13.3. The van der Waals surface area contributed by atoms with E-state index in [1.807, 2.05) is 36.5 Å². The Morgan fingerprint density at radius 2 is 1.78 bits per heavy atom. The van der Waals surface area contributed by atoms with Crippen molar-refractivity contribution in [3.8, 4) is 17.0 Å². The van der Waals surface area contributed by atoms with Gasteiger partial charge in [-0.05, 0) is 80.0 Å². The van der Waals surface area contributed by atoms with Crippen molar-refractivity contribution in [2.24, 2.45) is 0 Å². The topological polar surface area (TPSA) is 61.3 Å². The van der Waals surface area contributed by atoms with Crippen LogP contribution in [0.1, 0.15) is 43.1 Å². The maximum Gasteiger partial charge on any atom is 0.128 e. The van der Waals surface area contributed by atoms with Crippen molar-refractivity contribution < 1.29 is 5.11 Å². The van der Waals surface area contributed by atoms with Gasteiger partial charge in [-0.15, -0.1) is 0 Å². The number of aromatic nitrogens is 2. The molecule has 0 atom stereocenters. The lowest BCUT2D eigenvalue weighted by molar-refractivity contribution is 0.162. The van der Waals surface area contributed by atoms with Gasteiger partial charge in [-0.1, -0.05) is 55.5 Å². The fourth-order valence-electron chi connectivity index (χ4n) is 5.42. The number of nitrogens with one attached hydrogen (secondary N) is 1. The van der Waals surface area contributed by atoms with Crippen molar-refractivity contribution >= 4 is 10.8 Å². The van der Waals surface area contributed by atoms with Crippen LogP contribution in [0, 0.1) is 0 Å². The van der Waals surface area contributed by atoms with Gasteiger partial charge in [0.25, 0.3) is 0 Å². The van der Waals surface area contributed by atoms with Crippen molar-refractivity contribution in [3.63, 3.8) is 0 Å². The number of phenols is 1. The third kappa shape index (κ3) is 5.75. The predicted molar refractivity (Wildman–Crippen MR) is 147 cm³/mol. The first-order valence-corrected chi connectivity index (χ1v) is 13.3. The van der Waals surface area contributed by atoms with Crippen molar-refractivity contribution in [2.75, 3.05) is 19.6 Å². The van der Waals surface area contributed by atoms with E-state index in [9.17, 15) is 5.11 Å². The Labute approximate surface area is 214 Å². The van der Waals surface area contributed by atoms with Crippen LogP contribution in [0.5, 0.6) is 5.75 Å². The molecule has 1 aliphatic heterocycles. The first-order chi connectivity index (χ1) is 17.7. The zero-order chi connectivity index (χ0) is 24.7. The average molecular weight is 481 g/mol. The van der Waals surface area contributed by atoms with Crippen LogP contribution < -0.4 is 5.32 Å². The smallest absolute Gasteiger partial charge is 0.128 e. The summed E-state index contributed by atoms with van der Waals surface area (Å²) in [7, 11) is 0. The molecule has 0 amide bonds. The van der Waals surface area contributed by atoms with Gasteiger partial charge in [0.1, 0.15) is 11.6 Å². The summed E-state index contributed by atoms with van der Waals surface area (Å²) in [4.78, 5) is 12.1. The number of aromatic hydroxyl groups is 1. The number of rotatable bonds is 9. The highest BCUT2D eigenvalue weighted by molar-refractivity contribution is 5.90. The molecule has 0 unspecified atom stereocenters. The molecule has 5 rings (SSSR count). The van der Waals surface area contributed by atoms with Gasteiger partial charge in [-0.25, -0.2) is 9.97 Å². The summed E-state index contributed by atoms with van der Waals surface area (Å²) in [6, 6.07) is 23.4. The second-order valence-corrected chi connectivity index (χ2v) is 9.75. The van der Waals surface area contributed by atoms with E-state index in [0.717, 1.165) is 73.3 Å². The van der Waals surface area contributed by atoms with E-state index < -0.39 is 0 Å². The number of nitrogens with zero attached hydrogens (tertiary/aromatic N) is 3. The predicted octanol–water partition coefficient (Wildman–Crippen LogP) is 5.75. The molecule has 3 aromatic carbocycles. The van der Waals surface area contributed by atoms with Crippen LogP contribution in [-0.4, -0.2) is 45.7 Å². The van der Waals surface area contributed by atoms with Crippen LogP contribution in [0.4, 0.5) is 0 Å². The molecule has 2 N–H and O–H groups in total. The van der Waals surface area contributed by atoms with Crippen LogP contribution in [0.3, 0.4) is 0 Å². The molecule has 0 spiro atoms. The second-order valence-electron chi connectivity index (χ2n) is 9.75. The Balaban J connectivity index is 1.25. The zero-order valence-corrected chi connectivity index (χ0v) is 21.2. The molecule has 0 aliphatic carbocycles. The molecule has 186 valence electrons. The van der Waals surface area contributed by atoms with E-state index in [-0.39, 0.29) is 0 Å². The number of aryl methyl sites for hydroxylation is 2. The monoisotopic (exact) mass is 480 g/mol. The Morgan fingerprint density at radius 1 is 0.944 bits per heavy atom. The van der Waals surface area contributed by atoms with Gasteiger partial charge in [0.15, 0.2) is 0 Å². The van der Waals surface area contributed by atoms with Crippen molar-refractivity contribution in [3.05, 3.63) is 89.9 Å². The lowest BCUT2D eigenvalue weighted by Gasteiger charge is -2.34. The van der Waals surface area contributed by atoms with Gasteiger partial charge in [-0.3, -0.25) is 4.90 Å². The maximum absolute atomic E-state index is 10.2. The summed E-state index contributed by atoms with van der Waals surface area (Å²) >= 11 is 0. The maximum atomic E-state index is 10.2. The van der Waals surface area contributed by atoms with Crippen molar-refractivity contribution in [1.29, 1.82) is 0 Å². The molecule has 5 nitrogen and oxygen atoms in total. The van der Waals surface area contributed by atoms with E-state index in [4.69, 9.17) is 4.98 Å². The van der Waals surface area contributed by atoms with Crippen LogP contribution in [0.25, 0.3) is 22.0 Å². The molecule has 4 aromatic rings. The Bertz CT molecular complexity index is 1300. The van der Waals surface area contributed by atoms with Gasteiger partial charge < -0.3 is 10.4 Å². The summed E-state index contributed by atoms with van der Waals surface area (Å²) < 4.78 is 0. The normalized spacial score (nSPS) is 14.5. The summed E-state index contributed by atoms with van der Waals surface area (Å²) in [5, 5.41) is 15.7. The number of benzene rings is 3. The lowest BCUT2D eigenvalue weighted by Crippen LogP contribution is -2.42. The molecule has 5 heteroatoms. The van der Waals surface area contributed by atoms with Gasteiger partial charge >= 0.3 is 0 Å². The SMILES string of the molecule is CCN(Cc1cccc(-c2ccnc(CCCc3ccc(O)c4ccccc34)n2)c1)C1CCNCC1. The fourth-order valence-corrected chi connectivity index (χ4v) is 5.42. The minimum Gasteiger partial charge on any atom is -0.507 e. The molecule has 2 heterocycles. The molecule has 36 heavy (non-hydrogen) atoms. The van der Waals surface area contributed by atoms with Crippen molar-refractivity contribution in [2.45, 2.75) is 51.6 Å². The van der Waals surface area contributed by atoms with E-state index in [2.05, 4.69) is 52.5 Å². The average Bonchev–Trinajstić information content (AvgIpc) is 2.94. The quantitative estimate of drug-likeness (QED) is 0.319. The van der Waals surface area contributed by atoms with Crippen molar-refractivity contribution in [1.82, 2.24) is 20.2 Å². The Morgan fingerprint density at radius 3 is 2.61 bits per heavy atom. The third-order valence-corrected chi connectivity index (χ3v) is 7.38. The standard InChI is InChI=1S/C31H36N4O/c1-2-35(26-15-18-32-19-16-26)22-23-7-5-9-25(21-23)29-17-20-33-31(34-29)12-6-8-24-13-14-30(36)28-11-4-3-10-27(24)28/h3-5,7,9-11,13-14,17,20-21,26,32,36H,2,6,8,12,15-16,18-19,22H2,1H3. The Kier molecular flexibility index (Phi) is 7.89. The first kappa shape index (κ1) is 24.4. The summed E-state index contributed by atoms with van der Waals surface area (Å²) in [5.74, 6) is 1.22. The van der Waals surface area contributed by atoms with Gasteiger partial charge in [0, 0.05) is 36.2 Å². The van der Waals surface area contributed by atoms with E-state index in [0.29, 0.717) is 11.8 Å². The number of hydrogen-bond acceptors (Lipinski definition) is 5. The summed E-state index contributed by atoms with van der Waals surface area (Å²) in [6.45, 7) is 6.56. The largest absolute Gasteiger partial charge is 0.507 e. The highest BCUT2D eigenvalue weighted by Crippen LogP contribution is 2.28. The lowest BCUT2D eigenvalue weighted by atomic mass is 9.99. The highest BCUT2D eigenvalue weighted by Gasteiger charge is 2.19. The number of piperidine rings is 1. The number of phenolic OH excluding ortho intramolecular Hbond substituents is 1. The van der Waals surface area contributed by atoms with Crippen LogP contribution in [0.15, 0.2) is 72.9 Å². The molecule has 0 radical (unpaired) electrons. The van der Waals surface area contributed by atoms with Gasteiger partial charge in [0.05, 0.1) is 5.69 Å².